The van der Waals surface area contributed by atoms with E-state index in [0.29, 0.717) is 0 Å². The Morgan fingerprint density at radius 1 is 0.315 bits per heavy atom. The number of aliphatic hydroxyl groups is 30. The molecule has 0 aliphatic carbocycles. The molecule has 0 radical (unpaired) electrons. The van der Waals surface area contributed by atoms with Crippen LogP contribution in [0.5, 0.6) is 0 Å². The van der Waals surface area contributed by atoms with E-state index >= 15 is 0 Å². The van der Waals surface area contributed by atoms with Gasteiger partial charge in [-0.1, -0.05) is 13.8 Å². The number of hydrogen-bond donors (Lipinski definition) is 34. The van der Waals surface area contributed by atoms with Gasteiger partial charge in [0, 0.05) is 39.5 Å². The topological polar surface area (TPSA) is 970 Å². The van der Waals surface area contributed by atoms with E-state index in [1.54, 1.807) is 0 Å². The zero-order valence-corrected chi connectivity index (χ0v) is 79.4. The maximum Gasteiger partial charge on any atom is 0.332 e. The van der Waals surface area contributed by atoms with Crippen LogP contribution in [-0.2, 0) is 138 Å². The fourth-order valence-electron chi connectivity index (χ4n) is 19.2. The number of ether oxygens (including phenoxy) is 23. The summed E-state index contributed by atoms with van der Waals surface area (Å²) in [4.78, 5) is 76.3. The number of carbonyl (C=O) groups excluding carboxylic acids is 6. The van der Waals surface area contributed by atoms with Crippen molar-refractivity contribution in [1.82, 2.24) is 21.3 Å². The molecular formula is C83H138N4O59. The smallest absolute Gasteiger partial charge is 0.332 e. The van der Waals surface area contributed by atoms with Crippen LogP contribution in [0, 0.1) is 11.8 Å². The van der Waals surface area contributed by atoms with E-state index in [4.69, 9.17) is 109 Å². The van der Waals surface area contributed by atoms with Crippen LogP contribution in [0.25, 0.3) is 0 Å². The third-order valence-electron chi connectivity index (χ3n) is 27.3. The van der Waals surface area contributed by atoms with Crippen molar-refractivity contribution in [3.05, 3.63) is 0 Å². The molecule has 63 heteroatoms. The largest absolute Gasteiger partial charge is 0.410 e. The maximum absolute atomic E-state index is 13.3. The molecule has 11 saturated heterocycles. The van der Waals surface area contributed by atoms with Gasteiger partial charge in [0.2, 0.25) is 23.6 Å². The number of hydrogen-bond acceptors (Lipinski definition) is 59. The summed E-state index contributed by atoms with van der Waals surface area (Å²) >= 11 is 0. The fourth-order valence-corrected chi connectivity index (χ4v) is 19.2. The van der Waals surface area contributed by atoms with Gasteiger partial charge in [0.25, 0.3) is 12.9 Å². The first-order valence-electron chi connectivity index (χ1n) is 46.9. The minimum absolute atomic E-state index is 0.207. The zero-order valence-electron chi connectivity index (χ0n) is 79.4. The molecule has 0 bridgehead atoms. The van der Waals surface area contributed by atoms with Crippen LogP contribution in [0.1, 0.15) is 61.3 Å². The summed E-state index contributed by atoms with van der Waals surface area (Å²) in [5.74, 6) is -11.5. The first kappa shape index (κ1) is 121. The average Bonchev–Trinajstić information content (AvgIpc) is 0.749. The van der Waals surface area contributed by atoms with Crippen molar-refractivity contribution in [2.75, 3.05) is 72.7 Å². The van der Waals surface area contributed by atoms with Gasteiger partial charge in [-0.25, -0.2) is 0 Å². The molecule has 0 aromatic rings. The molecule has 0 saturated carbocycles. The van der Waals surface area contributed by atoms with E-state index < -0.39 is 458 Å². The molecule has 11 aliphatic rings. The monoisotopic (exact) mass is 2130 g/mol. The van der Waals surface area contributed by atoms with Gasteiger partial charge in [-0.3, -0.25) is 28.8 Å². The molecule has 0 aromatic heterocycles. The van der Waals surface area contributed by atoms with Gasteiger partial charge in [-0.15, -0.1) is 0 Å². The van der Waals surface area contributed by atoms with Crippen molar-refractivity contribution in [1.29, 1.82) is 0 Å². The molecule has 4 amide bonds. The summed E-state index contributed by atoms with van der Waals surface area (Å²) in [6.07, 6.45) is -106. The van der Waals surface area contributed by atoms with Gasteiger partial charge in [0.15, 0.2) is 50.3 Å². The Morgan fingerprint density at radius 3 is 1.03 bits per heavy atom. The molecular weight excluding hydrogens is 2000 g/mol. The number of carbonyl (C=O) groups is 6. The molecule has 34 N–H and O–H groups in total. The van der Waals surface area contributed by atoms with Gasteiger partial charge < -0.3 is 283 Å². The lowest BCUT2D eigenvalue weighted by atomic mass is 9.87. The molecule has 11 heterocycles. The highest BCUT2D eigenvalue weighted by molar-refractivity contribution is 5.74. The lowest BCUT2D eigenvalue weighted by Gasteiger charge is -2.51. The highest BCUT2D eigenvalue weighted by Crippen LogP contribution is 2.45. The summed E-state index contributed by atoms with van der Waals surface area (Å²) in [5.41, 5.74) is 0. The molecule has 24 unspecified atom stereocenters. The molecule has 63 nitrogen and oxygen atoms in total. The molecule has 146 heavy (non-hydrogen) atoms. The highest BCUT2D eigenvalue weighted by Gasteiger charge is 2.65. The summed E-state index contributed by atoms with van der Waals surface area (Å²) in [5, 5.41) is 350. The lowest BCUT2D eigenvalue weighted by Crippen LogP contribution is -2.71. The predicted octanol–water partition coefficient (Wildman–Crippen LogP) is -22.3. The standard InChI is InChI=1S/C83H138N4O59/c1-23-30(103)8-82(126-21-97,144-64(23)47(107)32(105)10-88)125-20-42-51(111)58(118)61(121)77(136-42)138-67-38(16-94)134-76(46(56(67)116)87-29(7)102)143-73-60(120)50(110)35(13-91)131-81(73)141-70-53(113)41(135-78(62(70)122)139-68-39(17-95)132-74(44(55(68)115)85-27(5)100)137-66-37(15-93)128-25(3)43(54(66)114)84-26(4)99)19-124-80-72(59(119)49(109)34(12-90)130-80)142-75-45(86-28(6)101)57(117)69(40(18-96)133-75)140-79-63(123)71(52(112)36(14-92)129-79)146-83(127-22-98)9-31(104)24(2)65(145-83)48(108)33(106)11-89/h21-25,30-81,88-96,103-123H,8-20H2,1-7H3,(H,84,99)(H,85,100)(H,86,101)(H,87,102)/t23-,24-,25+,30?,31?,32-,33-,34?,35-,36?,37?,38?,39?,40?,41?,42?,43?,44?,45?,46?,47-,48-,49-,50-,51+,52+,53-,54-,55-,56-,57?,58+,59+,60?,61?,62?,63?,64?,65?,66-,67-,68-,69-,70+,71+,72?,73?,74+,75+,76+,77+,78+,79+,80+,81?,82+,83+/m1/s1. The van der Waals surface area contributed by atoms with Crippen LogP contribution in [0.4, 0.5) is 0 Å². The predicted molar refractivity (Wildman–Crippen MR) is 452 cm³/mol. The van der Waals surface area contributed by atoms with E-state index in [2.05, 4.69) is 21.3 Å². The Kier molecular flexibility index (Phi) is 43.8. The Morgan fingerprint density at radius 2 is 0.616 bits per heavy atom. The van der Waals surface area contributed by atoms with E-state index in [9.17, 15) is 182 Å². The molecule has 57 atom stereocenters. The van der Waals surface area contributed by atoms with Crippen LogP contribution >= 0.6 is 0 Å². The molecule has 844 valence electrons. The molecule has 11 rings (SSSR count). The minimum atomic E-state index is -2.91. The summed E-state index contributed by atoms with van der Waals surface area (Å²) in [6, 6.07) is -7.40. The van der Waals surface area contributed by atoms with Gasteiger partial charge >= 0.3 is 11.9 Å². The van der Waals surface area contributed by atoms with E-state index in [-0.39, 0.29) is 12.9 Å². The van der Waals surface area contributed by atoms with Gasteiger partial charge in [0.1, 0.15) is 238 Å². The highest BCUT2D eigenvalue weighted by atomic mass is 16.9. The SMILES string of the molecule is CC(=O)NC1C(O)[C@H](O[C@@H]2OC(CO)[C@H](O)[C@H](O[C@]3(OC=O)CC(O)[C@@H](C)C([C@H](O)[C@H](O)CO)O3)C2O)C(CO)O[C@H]1OC1[C@@H](OCC2O[C@@H](O[C@@H]3C(CO)O[C@@H](O[C@@H]4C(CO)O[C@@H](C)C(NC(C)=O)[C@H]4O)C(NC(C)=O)[C@H]3O)C(O)[C@@H](OC3O[C@H](CO)[C@@H](O)C(O)C3O[C@@H]3OC(CO)[C@@H](O[C@@H]4OC(CO[C@]5(OC=O)CC(O)[C@@H](C)C([C@H](O)[C@H](O)CO)O5)[C@H](O)[C@H](O)C4O)[C@H](O)C3NC(C)=O)[C@@H]2O)OC(CO)[C@@H](O)[C@@H]1O. The Bertz CT molecular complexity index is 4070. The first-order chi connectivity index (χ1) is 69.0. The van der Waals surface area contributed by atoms with Crippen molar-refractivity contribution in [2.45, 2.75) is 398 Å². The second kappa shape index (κ2) is 52.8. The van der Waals surface area contributed by atoms with Crippen molar-refractivity contribution in [2.24, 2.45) is 11.8 Å². The summed E-state index contributed by atoms with van der Waals surface area (Å²) in [7, 11) is 0. The number of nitrogens with one attached hydrogen (secondary N) is 4. The van der Waals surface area contributed by atoms with Gasteiger partial charge in [0.05, 0.1) is 122 Å². The van der Waals surface area contributed by atoms with E-state index in [1.165, 1.54) is 20.8 Å². The average molecular weight is 2140 g/mol. The second-order valence-corrected chi connectivity index (χ2v) is 37.4. The van der Waals surface area contributed by atoms with Crippen molar-refractivity contribution < 1.29 is 291 Å². The van der Waals surface area contributed by atoms with Crippen LogP contribution in [0.3, 0.4) is 0 Å². The van der Waals surface area contributed by atoms with Gasteiger partial charge in [-0.2, -0.15) is 0 Å². The van der Waals surface area contributed by atoms with Crippen LogP contribution in [0.2, 0.25) is 0 Å². The maximum atomic E-state index is 13.3. The van der Waals surface area contributed by atoms with Crippen molar-refractivity contribution in [3.63, 3.8) is 0 Å². The first-order valence-corrected chi connectivity index (χ1v) is 46.9. The van der Waals surface area contributed by atoms with Crippen LogP contribution in [0.15, 0.2) is 0 Å². The zero-order chi connectivity index (χ0) is 108. The third kappa shape index (κ3) is 26.9. The Balaban J connectivity index is 0.896. The number of rotatable bonds is 43. The van der Waals surface area contributed by atoms with E-state index in [1.807, 2.05) is 0 Å². The quantitative estimate of drug-likeness (QED) is 0.0199. The molecule has 11 aliphatic heterocycles. The van der Waals surface area contributed by atoms with Crippen molar-refractivity contribution in [3.8, 4) is 0 Å². The number of aliphatic hydroxyl groups excluding tert-OH is 30. The van der Waals surface area contributed by atoms with E-state index in [0.717, 1.165) is 27.7 Å². The third-order valence-corrected chi connectivity index (χ3v) is 27.3. The normalized spacial score (nSPS) is 47.5. The number of amides is 4. The van der Waals surface area contributed by atoms with Gasteiger partial charge in [-0.05, 0) is 6.92 Å². The van der Waals surface area contributed by atoms with Crippen LogP contribution in [-0.4, -0.2) is 599 Å². The lowest BCUT2D eigenvalue weighted by molar-refractivity contribution is -0.448. The van der Waals surface area contributed by atoms with Crippen molar-refractivity contribution >= 4 is 36.6 Å². The Hall–Kier alpha value is -5.22. The van der Waals surface area contributed by atoms with Crippen LogP contribution < -0.4 is 21.3 Å². The molecule has 0 aromatic carbocycles. The fraction of sp³-hybridized carbons (Fsp3) is 0.928. The summed E-state index contributed by atoms with van der Waals surface area (Å²) < 4.78 is 137. The minimum Gasteiger partial charge on any atom is -0.410 e. The summed E-state index contributed by atoms with van der Waals surface area (Å²) in [6.45, 7) is -5.30. The second-order valence-electron chi connectivity index (χ2n) is 37.4. The molecule has 11 fully saturated rings. The Labute approximate surface area is 828 Å². The molecule has 0 spiro atoms.